The molecule has 0 saturated heterocycles. The Bertz CT molecular complexity index is 1300. The summed E-state index contributed by atoms with van der Waals surface area (Å²) in [5.41, 5.74) is 2.58. The van der Waals surface area contributed by atoms with Gasteiger partial charge in [-0.3, -0.25) is 19.6 Å². The lowest BCUT2D eigenvalue weighted by molar-refractivity contribution is -0.128. The zero-order chi connectivity index (χ0) is 24.2. The molecular formula is C26H23N5O3S. The SMILES string of the molecule is O=C(NCC1CC=C(C(=O)N2N=C(c3cccnc3)CC2c2ccccc2O)S1)c1ccccn1. The highest BCUT2D eigenvalue weighted by Gasteiger charge is 2.37. The van der Waals surface area contributed by atoms with Crippen molar-refractivity contribution in [2.24, 2.45) is 5.10 Å². The Balaban J connectivity index is 1.30. The number of phenols is 1. The van der Waals surface area contributed by atoms with Gasteiger partial charge in [-0.05, 0) is 30.7 Å². The quantitative estimate of drug-likeness (QED) is 0.552. The summed E-state index contributed by atoms with van der Waals surface area (Å²) in [4.78, 5) is 34.7. The second-order valence-corrected chi connectivity index (χ2v) is 9.53. The fraction of sp³-hybridized carbons (Fsp3) is 0.192. The molecule has 2 atom stereocenters. The Morgan fingerprint density at radius 2 is 1.94 bits per heavy atom. The maximum atomic E-state index is 13.6. The first-order valence-electron chi connectivity index (χ1n) is 11.3. The Hall–Kier alpha value is -3.98. The Morgan fingerprint density at radius 1 is 1.09 bits per heavy atom. The standard InChI is InChI=1S/C26H23N5O3S/c32-23-9-2-1-7-19(23)22-14-21(17-6-5-12-27-15-17)30-31(22)26(34)24-11-10-18(35-24)16-29-25(33)20-8-3-4-13-28-20/h1-9,11-13,15,18,22,32H,10,14,16H2,(H,29,33). The lowest BCUT2D eigenvalue weighted by atomic mass is 9.98. The Kier molecular flexibility index (Phi) is 6.58. The Morgan fingerprint density at radius 3 is 2.71 bits per heavy atom. The molecule has 9 heteroatoms. The van der Waals surface area contributed by atoms with Gasteiger partial charge in [-0.15, -0.1) is 11.8 Å². The lowest BCUT2D eigenvalue weighted by Gasteiger charge is -2.23. The monoisotopic (exact) mass is 485 g/mol. The molecule has 4 heterocycles. The molecule has 3 aromatic rings. The van der Waals surface area contributed by atoms with E-state index < -0.39 is 6.04 Å². The van der Waals surface area contributed by atoms with Crippen molar-refractivity contribution < 1.29 is 14.7 Å². The summed E-state index contributed by atoms with van der Waals surface area (Å²) in [5.74, 6) is -0.336. The third-order valence-corrected chi connectivity index (χ3v) is 7.16. The maximum absolute atomic E-state index is 13.6. The molecule has 2 aliphatic rings. The van der Waals surface area contributed by atoms with E-state index in [4.69, 9.17) is 0 Å². The van der Waals surface area contributed by atoms with Gasteiger partial charge in [0.15, 0.2) is 0 Å². The molecule has 176 valence electrons. The van der Waals surface area contributed by atoms with Crippen LogP contribution in [0.3, 0.4) is 0 Å². The number of hydrazone groups is 1. The largest absolute Gasteiger partial charge is 0.508 e. The third kappa shape index (κ3) is 4.95. The van der Waals surface area contributed by atoms with Crippen molar-refractivity contribution in [2.45, 2.75) is 24.1 Å². The van der Waals surface area contributed by atoms with Crippen molar-refractivity contribution >= 4 is 29.3 Å². The van der Waals surface area contributed by atoms with Gasteiger partial charge in [-0.2, -0.15) is 5.10 Å². The number of nitrogens with zero attached hydrogens (tertiary/aromatic N) is 4. The van der Waals surface area contributed by atoms with Gasteiger partial charge in [-0.25, -0.2) is 5.01 Å². The van der Waals surface area contributed by atoms with Gasteiger partial charge >= 0.3 is 0 Å². The molecule has 0 radical (unpaired) electrons. The summed E-state index contributed by atoms with van der Waals surface area (Å²) in [6, 6.07) is 15.5. The van der Waals surface area contributed by atoms with E-state index in [1.165, 1.54) is 16.8 Å². The number of aromatic nitrogens is 2. The minimum Gasteiger partial charge on any atom is -0.508 e. The summed E-state index contributed by atoms with van der Waals surface area (Å²) in [5, 5.41) is 19.5. The number of rotatable bonds is 6. The first-order valence-corrected chi connectivity index (χ1v) is 12.1. The van der Waals surface area contributed by atoms with Gasteiger partial charge in [0.1, 0.15) is 11.4 Å². The van der Waals surface area contributed by atoms with Gasteiger partial charge in [-0.1, -0.05) is 36.4 Å². The van der Waals surface area contributed by atoms with Crippen LogP contribution in [0.15, 0.2) is 89.3 Å². The van der Waals surface area contributed by atoms with Crippen LogP contribution in [0.1, 0.15) is 40.5 Å². The number of nitrogens with one attached hydrogen (secondary N) is 1. The first-order chi connectivity index (χ1) is 17.1. The molecule has 2 aliphatic heterocycles. The molecule has 8 nitrogen and oxygen atoms in total. The van der Waals surface area contributed by atoms with Gasteiger partial charge in [0.25, 0.3) is 11.8 Å². The third-order valence-electron chi connectivity index (χ3n) is 5.87. The lowest BCUT2D eigenvalue weighted by Crippen LogP contribution is -2.31. The Labute approximate surface area is 206 Å². The number of thioether (sulfide) groups is 1. The molecule has 1 aromatic carbocycles. The molecule has 5 rings (SSSR count). The predicted molar refractivity (Wildman–Crippen MR) is 134 cm³/mol. The molecule has 0 saturated carbocycles. The molecule has 35 heavy (non-hydrogen) atoms. The van der Waals surface area contributed by atoms with Crippen molar-refractivity contribution in [3.63, 3.8) is 0 Å². The van der Waals surface area contributed by atoms with E-state index in [0.29, 0.717) is 35.5 Å². The summed E-state index contributed by atoms with van der Waals surface area (Å²) in [6.07, 6.45) is 8.01. The number of amides is 2. The number of carbonyl (C=O) groups is 2. The number of benzene rings is 1. The fourth-order valence-electron chi connectivity index (χ4n) is 4.10. The molecule has 2 unspecified atom stereocenters. The minimum absolute atomic E-state index is 0.0366. The van der Waals surface area contributed by atoms with Crippen LogP contribution >= 0.6 is 11.8 Å². The van der Waals surface area contributed by atoms with Gasteiger partial charge in [0.2, 0.25) is 0 Å². The maximum Gasteiger partial charge on any atom is 0.280 e. The highest BCUT2D eigenvalue weighted by atomic mass is 32.2. The molecule has 0 bridgehead atoms. The molecule has 0 spiro atoms. The van der Waals surface area contributed by atoms with Crippen molar-refractivity contribution in [1.29, 1.82) is 0 Å². The van der Waals surface area contributed by atoms with Crippen LogP contribution in [0.4, 0.5) is 0 Å². The zero-order valence-corrected chi connectivity index (χ0v) is 19.6. The smallest absolute Gasteiger partial charge is 0.280 e. The van der Waals surface area contributed by atoms with Gasteiger partial charge in [0, 0.05) is 47.9 Å². The van der Waals surface area contributed by atoms with Crippen molar-refractivity contribution in [1.82, 2.24) is 20.3 Å². The van der Waals surface area contributed by atoms with Crippen LogP contribution in [-0.4, -0.2) is 49.4 Å². The highest BCUT2D eigenvalue weighted by molar-refractivity contribution is 8.04. The predicted octanol–water partition coefficient (Wildman–Crippen LogP) is 3.68. The number of phenolic OH excluding ortho intramolecular Hbond substituents is 1. The number of carbonyl (C=O) groups excluding carboxylic acids is 2. The van der Waals surface area contributed by atoms with E-state index in [2.05, 4.69) is 20.4 Å². The van der Waals surface area contributed by atoms with Crippen molar-refractivity contribution in [2.75, 3.05) is 6.54 Å². The second-order valence-electron chi connectivity index (χ2n) is 8.19. The topological polar surface area (TPSA) is 108 Å². The first kappa shape index (κ1) is 22.8. The number of hydrogen-bond acceptors (Lipinski definition) is 7. The average molecular weight is 486 g/mol. The molecule has 2 N–H and O–H groups in total. The molecular weight excluding hydrogens is 462 g/mol. The van der Waals surface area contributed by atoms with Crippen LogP contribution in [0.5, 0.6) is 5.75 Å². The van der Waals surface area contributed by atoms with E-state index in [1.54, 1.807) is 48.9 Å². The normalized spacial score (nSPS) is 19.3. The molecule has 0 fully saturated rings. The zero-order valence-electron chi connectivity index (χ0n) is 18.7. The number of hydrogen-bond donors (Lipinski definition) is 2. The summed E-state index contributed by atoms with van der Waals surface area (Å²) >= 11 is 1.43. The van der Waals surface area contributed by atoms with E-state index in [9.17, 15) is 14.7 Å². The average Bonchev–Trinajstić information content (AvgIpc) is 3.56. The van der Waals surface area contributed by atoms with Crippen molar-refractivity contribution in [3.8, 4) is 5.75 Å². The minimum atomic E-state index is -0.427. The van der Waals surface area contributed by atoms with Gasteiger partial charge < -0.3 is 10.4 Å². The van der Waals surface area contributed by atoms with Crippen LogP contribution in [-0.2, 0) is 4.79 Å². The second kappa shape index (κ2) is 10.1. The van der Waals surface area contributed by atoms with Crippen LogP contribution in [0, 0.1) is 0 Å². The van der Waals surface area contributed by atoms with E-state index in [1.807, 2.05) is 30.3 Å². The highest BCUT2D eigenvalue weighted by Crippen LogP contribution is 2.41. The van der Waals surface area contributed by atoms with Gasteiger partial charge in [0.05, 0.1) is 16.7 Å². The summed E-state index contributed by atoms with van der Waals surface area (Å²) in [7, 11) is 0. The molecule has 2 aromatic heterocycles. The fourth-order valence-corrected chi connectivity index (χ4v) is 5.21. The van der Waals surface area contributed by atoms with E-state index in [-0.39, 0.29) is 22.8 Å². The van der Waals surface area contributed by atoms with E-state index in [0.717, 1.165) is 11.3 Å². The van der Waals surface area contributed by atoms with E-state index >= 15 is 0 Å². The van der Waals surface area contributed by atoms with Crippen LogP contribution in [0.2, 0.25) is 0 Å². The molecule has 0 aliphatic carbocycles. The van der Waals surface area contributed by atoms with Crippen LogP contribution in [0.25, 0.3) is 0 Å². The molecule has 2 amide bonds. The number of pyridine rings is 2. The van der Waals surface area contributed by atoms with Crippen molar-refractivity contribution in [3.05, 3.63) is 101 Å². The number of aromatic hydroxyl groups is 1. The summed E-state index contributed by atoms with van der Waals surface area (Å²) < 4.78 is 0. The number of allylic oxidation sites excluding steroid dienone is 1. The van der Waals surface area contributed by atoms with Crippen LogP contribution < -0.4 is 5.32 Å². The summed E-state index contributed by atoms with van der Waals surface area (Å²) in [6.45, 7) is 0.417. The number of para-hydroxylation sites is 1.